The number of rotatable bonds is 9. The standard InChI is InChI=1S/C16H28N2O/c1-4-18(5-2)13-16(19)12-17-14(3)11-15-9-7-6-8-10-15/h6-10,14,16-17,19H,4-5,11-13H2,1-3H3. The summed E-state index contributed by atoms with van der Waals surface area (Å²) in [6.45, 7) is 9.81. The van der Waals surface area contributed by atoms with Gasteiger partial charge in [-0.2, -0.15) is 0 Å². The number of benzene rings is 1. The van der Waals surface area contributed by atoms with E-state index in [4.69, 9.17) is 0 Å². The fourth-order valence-corrected chi connectivity index (χ4v) is 2.22. The molecule has 0 aliphatic carbocycles. The van der Waals surface area contributed by atoms with Crippen molar-refractivity contribution in [3.8, 4) is 0 Å². The van der Waals surface area contributed by atoms with Crippen LogP contribution in [0.15, 0.2) is 30.3 Å². The molecular formula is C16H28N2O. The van der Waals surface area contributed by atoms with E-state index >= 15 is 0 Å². The maximum Gasteiger partial charge on any atom is 0.0791 e. The Morgan fingerprint density at radius 1 is 1.16 bits per heavy atom. The molecule has 0 spiro atoms. The zero-order valence-electron chi connectivity index (χ0n) is 12.5. The number of aliphatic hydroxyl groups excluding tert-OH is 1. The first-order valence-corrected chi connectivity index (χ1v) is 7.33. The molecule has 0 aromatic heterocycles. The van der Waals surface area contributed by atoms with Crippen LogP contribution in [0.25, 0.3) is 0 Å². The van der Waals surface area contributed by atoms with Gasteiger partial charge in [0, 0.05) is 19.1 Å². The van der Waals surface area contributed by atoms with E-state index < -0.39 is 0 Å². The molecule has 0 saturated carbocycles. The van der Waals surface area contributed by atoms with E-state index in [1.165, 1.54) is 5.56 Å². The lowest BCUT2D eigenvalue weighted by Crippen LogP contribution is -2.41. The van der Waals surface area contributed by atoms with Crippen LogP contribution in [0, 0.1) is 0 Å². The van der Waals surface area contributed by atoms with Crippen LogP contribution in [0.1, 0.15) is 26.3 Å². The van der Waals surface area contributed by atoms with Crippen molar-refractivity contribution in [1.82, 2.24) is 10.2 Å². The molecule has 0 bridgehead atoms. The minimum Gasteiger partial charge on any atom is -0.390 e. The Hall–Kier alpha value is -0.900. The predicted molar refractivity (Wildman–Crippen MR) is 81.4 cm³/mol. The smallest absolute Gasteiger partial charge is 0.0791 e. The molecular weight excluding hydrogens is 236 g/mol. The van der Waals surface area contributed by atoms with Gasteiger partial charge < -0.3 is 15.3 Å². The maximum absolute atomic E-state index is 9.99. The molecule has 3 heteroatoms. The minimum absolute atomic E-state index is 0.293. The molecule has 19 heavy (non-hydrogen) atoms. The second kappa shape index (κ2) is 9.08. The Morgan fingerprint density at radius 3 is 2.37 bits per heavy atom. The molecule has 0 saturated heterocycles. The Morgan fingerprint density at radius 2 is 1.79 bits per heavy atom. The van der Waals surface area contributed by atoms with Crippen LogP contribution < -0.4 is 5.32 Å². The molecule has 2 N–H and O–H groups in total. The van der Waals surface area contributed by atoms with E-state index in [2.05, 4.69) is 55.3 Å². The maximum atomic E-state index is 9.99. The summed E-state index contributed by atoms with van der Waals surface area (Å²) in [6, 6.07) is 10.8. The monoisotopic (exact) mass is 264 g/mol. The van der Waals surface area contributed by atoms with E-state index in [0.29, 0.717) is 12.6 Å². The fourth-order valence-electron chi connectivity index (χ4n) is 2.22. The van der Waals surface area contributed by atoms with Crippen LogP contribution in [0.3, 0.4) is 0 Å². The number of hydrogen-bond donors (Lipinski definition) is 2. The summed E-state index contributed by atoms with van der Waals surface area (Å²) in [5.74, 6) is 0. The third-order valence-corrected chi connectivity index (χ3v) is 3.45. The molecule has 1 rings (SSSR count). The van der Waals surface area contributed by atoms with Gasteiger partial charge in [-0.3, -0.25) is 0 Å². The molecule has 2 atom stereocenters. The van der Waals surface area contributed by atoms with Gasteiger partial charge >= 0.3 is 0 Å². The van der Waals surface area contributed by atoms with Crippen molar-refractivity contribution in [3.05, 3.63) is 35.9 Å². The quantitative estimate of drug-likeness (QED) is 0.715. The third-order valence-electron chi connectivity index (χ3n) is 3.45. The van der Waals surface area contributed by atoms with Crippen LogP contribution in [0.2, 0.25) is 0 Å². The zero-order chi connectivity index (χ0) is 14.1. The van der Waals surface area contributed by atoms with Crippen molar-refractivity contribution in [1.29, 1.82) is 0 Å². The van der Waals surface area contributed by atoms with Crippen LogP contribution in [0.4, 0.5) is 0 Å². The second-order valence-corrected chi connectivity index (χ2v) is 5.14. The first-order chi connectivity index (χ1) is 9.15. The van der Waals surface area contributed by atoms with E-state index in [1.54, 1.807) is 0 Å². The summed E-state index contributed by atoms with van der Waals surface area (Å²) in [6.07, 6.45) is 0.705. The zero-order valence-corrected chi connectivity index (χ0v) is 12.5. The summed E-state index contributed by atoms with van der Waals surface area (Å²) in [5.41, 5.74) is 1.33. The summed E-state index contributed by atoms with van der Waals surface area (Å²) in [5, 5.41) is 13.4. The van der Waals surface area contributed by atoms with E-state index in [1.807, 2.05) is 6.07 Å². The Kier molecular flexibility index (Phi) is 7.72. The van der Waals surface area contributed by atoms with Gasteiger partial charge in [-0.25, -0.2) is 0 Å². The van der Waals surface area contributed by atoms with Gasteiger partial charge in [-0.1, -0.05) is 44.2 Å². The van der Waals surface area contributed by atoms with Crippen LogP contribution in [-0.4, -0.2) is 48.3 Å². The molecule has 0 heterocycles. The number of nitrogens with zero attached hydrogens (tertiary/aromatic N) is 1. The largest absolute Gasteiger partial charge is 0.390 e. The first kappa shape index (κ1) is 16.2. The lowest BCUT2D eigenvalue weighted by molar-refractivity contribution is 0.114. The van der Waals surface area contributed by atoms with Gasteiger partial charge in [0.25, 0.3) is 0 Å². The van der Waals surface area contributed by atoms with Gasteiger partial charge in [0.1, 0.15) is 0 Å². The molecule has 3 nitrogen and oxygen atoms in total. The molecule has 0 aliphatic rings. The van der Waals surface area contributed by atoms with Crippen molar-refractivity contribution in [2.24, 2.45) is 0 Å². The lowest BCUT2D eigenvalue weighted by Gasteiger charge is -2.23. The highest BCUT2D eigenvalue weighted by molar-refractivity contribution is 5.15. The minimum atomic E-state index is -0.293. The Balaban J connectivity index is 2.24. The van der Waals surface area contributed by atoms with Gasteiger partial charge in [0.15, 0.2) is 0 Å². The SMILES string of the molecule is CCN(CC)CC(O)CNC(C)Cc1ccccc1. The molecule has 108 valence electrons. The van der Waals surface area contributed by atoms with Gasteiger partial charge in [-0.05, 0) is 32.0 Å². The number of nitrogens with one attached hydrogen (secondary N) is 1. The first-order valence-electron chi connectivity index (χ1n) is 7.33. The predicted octanol–water partition coefficient (Wildman–Crippen LogP) is 1.91. The summed E-state index contributed by atoms with van der Waals surface area (Å²) < 4.78 is 0. The number of likely N-dealkylation sites (N-methyl/N-ethyl adjacent to an activating group) is 1. The van der Waals surface area contributed by atoms with E-state index in [0.717, 1.165) is 26.1 Å². The molecule has 1 aromatic carbocycles. The molecule has 1 aromatic rings. The van der Waals surface area contributed by atoms with E-state index in [-0.39, 0.29) is 6.10 Å². The molecule has 0 radical (unpaired) electrons. The topological polar surface area (TPSA) is 35.5 Å². The van der Waals surface area contributed by atoms with Crippen molar-refractivity contribution < 1.29 is 5.11 Å². The van der Waals surface area contributed by atoms with Crippen LogP contribution >= 0.6 is 0 Å². The van der Waals surface area contributed by atoms with Crippen molar-refractivity contribution in [2.75, 3.05) is 26.2 Å². The highest BCUT2D eigenvalue weighted by Crippen LogP contribution is 2.02. The highest BCUT2D eigenvalue weighted by Gasteiger charge is 2.10. The Labute approximate surface area is 117 Å². The summed E-state index contributed by atoms with van der Waals surface area (Å²) >= 11 is 0. The van der Waals surface area contributed by atoms with Crippen LogP contribution in [0.5, 0.6) is 0 Å². The van der Waals surface area contributed by atoms with Gasteiger partial charge in [-0.15, -0.1) is 0 Å². The van der Waals surface area contributed by atoms with E-state index in [9.17, 15) is 5.11 Å². The lowest BCUT2D eigenvalue weighted by atomic mass is 10.1. The summed E-state index contributed by atoms with van der Waals surface area (Å²) in [7, 11) is 0. The molecule has 0 fully saturated rings. The normalized spacial score (nSPS) is 14.6. The van der Waals surface area contributed by atoms with Crippen molar-refractivity contribution in [3.63, 3.8) is 0 Å². The number of hydrogen-bond acceptors (Lipinski definition) is 3. The second-order valence-electron chi connectivity index (χ2n) is 5.14. The van der Waals surface area contributed by atoms with Crippen molar-refractivity contribution >= 4 is 0 Å². The van der Waals surface area contributed by atoms with Crippen LogP contribution in [-0.2, 0) is 6.42 Å². The third kappa shape index (κ3) is 6.71. The average molecular weight is 264 g/mol. The average Bonchev–Trinajstić information content (AvgIpc) is 2.43. The van der Waals surface area contributed by atoms with Gasteiger partial charge in [0.05, 0.1) is 6.10 Å². The Bertz CT molecular complexity index is 325. The number of aliphatic hydroxyl groups is 1. The fraction of sp³-hybridized carbons (Fsp3) is 0.625. The highest BCUT2D eigenvalue weighted by atomic mass is 16.3. The molecule has 0 amide bonds. The van der Waals surface area contributed by atoms with Crippen molar-refractivity contribution in [2.45, 2.75) is 39.3 Å². The van der Waals surface area contributed by atoms with Gasteiger partial charge in [0.2, 0.25) is 0 Å². The molecule has 0 aliphatic heterocycles. The summed E-state index contributed by atoms with van der Waals surface area (Å²) in [4.78, 5) is 2.24. The molecule has 2 unspecified atom stereocenters.